The van der Waals surface area contributed by atoms with Crippen LogP contribution in [0.25, 0.3) is 0 Å². The molecule has 2 atom stereocenters. The SMILES string of the molecule is CNc1nc(NCC2CCCCC2O)c(F)cc1F. The summed E-state index contributed by atoms with van der Waals surface area (Å²) in [5, 5.41) is 15.3. The average Bonchev–Trinajstić information content (AvgIpc) is 2.39. The van der Waals surface area contributed by atoms with E-state index in [1.54, 1.807) is 0 Å². The van der Waals surface area contributed by atoms with Gasteiger partial charge in [0.15, 0.2) is 23.3 Å². The molecule has 6 heteroatoms. The van der Waals surface area contributed by atoms with Crippen LogP contribution in [0.1, 0.15) is 25.7 Å². The van der Waals surface area contributed by atoms with E-state index in [1.807, 2.05) is 0 Å². The Morgan fingerprint density at radius 2 is 1.95 bits per heavy atom. The van der Waals surface area contributed by atoms with Crippen LogP contribution in [0.3, 0.4) is 0 Å². The van der Waals surface area contributed by atoms with Crippen LogP contribution in [-0.2, 0) is 0 Å². The zero-order chi connectivity index (χ0) is 13.8. The maximum absolute atomic E-state index is 13.6. The number of aromatic nitrogens is 1. The van der Waals surface area contributed by atoms with Gasteiger partial charge in [0.1, 0.15) is 0 Å². The lowest BCUT2D eigenvalue weighted by atomic mass is 9.86. The zero-order valence-electron chi connectivity index (χ0n) is 10.9. The van der Waals surface area contributed by atoms with Crippen LogP contribution in [-0.4, -0.2) is 29.8 Å². The smallest absolute Gasteiger partial charge is 0.168 e. The van der Waals surface area contributed by atoms with Gasteiger partial charge in [0.05, 0.1) is 6.10 Å². The molecule has 1 aliphatic rings. The Kier molecular flexibility index (Phi) is 4.52. The van der Waals surface area contributed by atoms with Gasteiger partial charge in [-0.05, 0) is 12.8 Å². The van der Waals surface area contributed by atoms with Crippen LogP contribution in [0.2, 0.25) is 0 Å². The van der Waals surface area contributed by atoms with Gasteiger partial charge in [0.2, 0.25) is 0 Å². The predicted molar refractivity (Wildman–Crippen MR) is 70.2 cm³/mol. The second kappa shape index (κ2) is 6.14. The van der Waals surface area contributed by atoms with Gasteiger partial charge in [-0.3, -0.25) is 0 Å². The maximum atomic E-state index is 13.6. The fourth-order valence-electron chi connectivity index (χ4n) is 2.42. The van der Waals surface area contributed by atoms with E-state index in [1.165, 1.54) is 7.05 Å². The van der Waals surface area contributed by atoms with Crippen molar-refractivity contribution in [2.45, 2.75) is 31.8 Å². The van der Waals surface area contributed by atoms with E-state index in [9.17, 15) is 13.9 Å². The quantitative estimate of drug-likeness (QED) is 0.787. The molecule has 1 aromatic rings. The van der Waals surface area contributed by atoms with Crippen molar-refractivity contribution in [2.24, 2.45) is 5.92 Å². The first-order chi connectivity index (χ1) is 9.11. The summed E-state index contributed by atoms with van der Waals surface area (Å²) in [6.45, 7) is 0.444. The Bertz CT molecular complexity index is 442. The van der Waals surface area contributed by atoms with E-state index in [0.717, 1.165) is 31.7 Å². The largest absolute Gasteiger partial charge is 0.393 e. The lowest BCUT2D eigenvalue weighted by molar-refractivity contribution is 0.0762. The molecule has 2 unspecified atom stereocenters. The monoisotopic (exact) mass is 271 g/mol. The van der Waals surface area contributed by atoms with E-state index in [0.29, 0.717) is 6.54 Å². The lowest BCUT2D eigenvalue weighted by Crippen LogP contribution is -2.30. The highest BCUT2D eigenvalue weighted by molar-refractivity contribution is 5.47. The van der Waals surface area contributed by atoms with Crippen LogP contribution < -0.4 is 10.6 Å². The van der Waals surface area contributed by atoms with Gasteiger partial charge in [-0.25, -0.2) is 13.8 Å². The van der Waals surface area contributed by atoms with Crippen molar-refractivity contribution < 1.29 is 13.9 Å². The minimum atomic E-state index is -0.721. The highest BCUT2D eigenvalue weighted by Crippen LogP contribution is 2.25. The van der Waals surface area contributed by atoms with Crippen LogP contribution in [0.15, 0.2) is 6.07 Å². The van der Waals surface area contributed by atoms with E-state index >= 15 is 0 Å². The summed E-state index contributed by atoms with van der Waals surface area (Å²) in [7, 11) is 1.53. The molecule has 3 N–H and O–H groups in total. The Morgan fingerprint density at radius 3 is 2.63 bits per heavy atom. The van der Waals surface area contributed by atoms with Crippen LogP contribution in [0, 0.1) is 17.6 Å². The first-order valence-electron chi connectivity index (χ1n) is 6.57. The second-order valence-electron chi connectivity index (χ2n) is 4.89. The Morgan fingerprint density at radius 1 is 1.26 bits per heavy atom. The third-order valence-corrected chi connectivity index (χ3v) is 3.57. The molecule has 0 aromatic carbocycles. The van der Waals surface area contributed by atoms with Crippen molar-refractivity contribution in [1.82, 2.24) is 4.98 Å². The molecule has 0 bridgehead atoms. The minimum absolute atomic E-state index is 0.00749. The van der Waals surface area contributed by atoms with Crippen molar-refractivity contribution in [3.05, 3.63) is 17.7 Å². The molecular formula is C13H19F2N3O. The van der Waals surface area contributed by atoms with E-state index < -0.39 is 11.6 Å². The van der Waals surface area contributed by atoms with Gasteiger partial charge in [-0.15, -0.1) is 0 Å². The highest BCUT2D eigenvalue weighted by atomic mass is 19.1. The molecule has 1 aliphatic carbocycles. The van der Waals surface area contributed by atoms with Crippen molar-refractivity contribution in [3.63, 3.8) is 0 Å². The molecule has 0 radical (unpaired) electrons. The standard InChI is InChI=1S/C13H19F2N3O/c1-16-12-9(14)6-10(15)13(18-12)17-7-8-4-2-3-5-11(8)19/h6,8,11,19H,2-5,7H2,1H3,(H2,16,17,18). The third kappa shape index (κ3) is 3.32. The normalized spacial score (nSPS) is 23.2. The first kappa shape index (κ1) is 14.0. The third-order valence-electron chi connectivity index (χ3n) is 3.57. The minimum Gasteiger partial charge on any atom is -0.393 e. The fourth-order valence-corrected chi connectivity index (χ4v) is 2.42. The number of hydrogen-bond acceptors (Lipinski definition) is 4. The lowest BCUT2D eigenvalue weighted by Gasteiger charge is -2.27. The molecule has 1 saturated carbocycles. The molecule has 106 valence electrons. The predicted octanol–water partition coefficient (Wildman–Crippen LogP) is 2.36. The number of aliphatic hydroxyl groups excluding tert-OH is 1. The van der Waals surface area contributed by atoms with Crippen molar-refractivity contribution in [1.29, 1.82) is 0 Å². The molecular weight excluding hydrogens is 252 g/mol. The summed E-state index contributed by atoms with van der Waals surface area (Å²) >= 11 is 0. The van der Waals surface area contributed by atoms with Gasteiger partial charge in [0, 0.05) is 25.6 Å². The Hall–Kier alpha value is -1.43. The number of anilines is 2. The Labute approximate surface area is 111 Å². The number of nitrogens with one attached hydrogen (secondary N) is 2. The van der Waals surface area contributed by atoms with Gasteiger partial charge >= 0.3 is 0 Å². The maximum Gasteiger partial charge on any atom is 0.168 e. The molecule has 0 spiro atoms. The summed E-state index contributed by atoms with van der Waals surface area (Å²) in [5.41, 5.74) is 0. The summed E-state index contributed by atoms with van der Waals surface area (Å²) in [6, 6.07) is 0.804. The molecule has 0 aliphatic heterocycles. The van der Waals surface area contributed by atoms with Gasteiger partial charge in [-0.2, -0.15) is 0 Å². The van der Waals surface area contributed by atoms with E-state index in [4.69, 9.17) is 0 Å². The summed E-state index contributed by atoms with van der Waals surface area (Å²) in [5.74, 6) is -1.32. The molecule has 0 saturated heterocycles. The molecule has 1 aromatic heterocycles. The number of nitrogens with zero attached hydrogens (tertiary/aromatic N) is 1. The van der Waals surface area contributed by atoms with Crippen molar-refractivity contribution in [3.8, 4) is 0 Å². The molecule has 0 amide bonds. The molecule has 19 heavy (non-hydrogen) atoms. The molecule has 1 heterocycles. The van der Waals surface area contributed by atoms with E-state index in [-0.39, 0.29) is 23.7 Å². The summed E-state index contributed by atoms with van der Waals surface area (Å²) in [6.07, 6.45) is 3.45. The van der Waals surface area contributed by atoms with Crippen molar-refractivity contribution in [2.75, 3.05) is 24.2 Å². The number of rotatable bonds is 4. The van der Waals surface area contributed by atoms with Gasteiger partial charge in [0.25, 0.3) is 0 Å². The second-order valence-corrected chi connectivity index (χ2v) is 4.89. The topological polar surface area (TPSA) is 57.2 Å². The summed E-state index contributed by atoms with van der Waals surface area (Å²) in [4.78, 5) is 3.85. The molecule has 1 fully saturated rings. The van der Waals surface area contributed by atoms with Gasteiger partial charge < -0.3 is 15.7 Å². The van der Waals surface area contributed by atoms with Crippen molar-refractivity contribution >= 4 is 11.6 Å². The van der Waals surface area contributed by atoms with Crippen LogP contribution in [0.4, 0.5) is 20.4 Å². The molecule has 2 rings (SSSR count). The zero-order valence-corrected chi connectivity index (χ0v) is 10.9. The molecule has 4 nitrogen and oxygen atoms in total. The number of halogens is 2. The number of pyridine rings is 1. The van der Waals surface area contributed by atoms with E-state index in [2.05, 4.69) is 15.6 Å². The Balaban J connectivity index is 2.02. The fraction of sp³-hybridized carbons (Fsp3) is 0.615. The van der Waals surface area contributed by atoms with Crippen LogP contribution in [0.5, 0.6) is 0 Å². The number of aliphatic hydroxyl groups is 1. The first-order valence-corrected chi connectivity index (χ1v) is 6.57. The highest BCUT2D eigenvalue weighted by Gasteiger charge is 2.23. The van der Waals surface area contributed by atoms with Gasteiger partial charge in [-0.1, -0.05) is 12.8 Å². The van der Waals surface area contributed by atoms with Crippen LogP contribution >= 0.6 is 0 Å². The average molecular weight is 271 g/mol. The number of hydrogen-bond donors (Lipinski definition) is 3. The summed E-state index contributed by atoms with van der Waals surface area (Å²) < 4.78 is 26.8.